The number of fused-ring (bicyclic) bond motifs is 1. The van der Waals surface area contributed by atoms with Crippen LogP contribution in [0.1, 0.15) is 73.9 Å². The number of benzene rings is 2. The first-order chi connectivity index (χ1) is 10.6. The number of nitrogens with one attached hydrogen (secondary N) is 1. The summed E-state index contributed by atoms with van der Waals surface area (Å²) in [6.45, 7) is 6.83. The van der Waals surface area contributed by atoms with Gasteiger partial charge in [-0.05, 0) is 54.4 Å². The molecule has 0 fully saturated rings. The third-order valence-electron chi connectivity index (χ3n) is 4.90. The third-order valence-corrected chi connectivity index (χ3v) is 4.90. The van der Waals surface area contributed by atoms with Gasteiger partial charge in [0.25, 0.3) is 0 Å². The largest absolute Gasteiger partial charge is 0.303 e. The van der Waals surface area contributed by atoms with Crippen molar-refractivity contribution >= 4 is 0 Å². The quantitative estimate of drug-likeness (QED) is 0.780. The molecule has 0 spiro atoms. The van der Waals surface area contributed by atoms with Gasteiger partial charge in [-0.3, -0.25) is 0 Å². The first-order valence-corrected chi connectivity index (χ1v) is 8.59. The minimum atomic E-state index is 0.389. The molecule has 2 aromatic carbocycles. The molecule has 2 atom stereocenters. The lowest BCUT2D eigenvalue weighted by Crippen LogP contribution is -2.28. The van der Waals surface area contributed by atoms with Gasteiger partial charge < -0.3 is 5.32 Å². The molecule has 0 aromatic heterocycles. The Morgan fingerprint density at radius 1 is 0.955 bits per heavy atom. The maximum Gasteiger partial charge on any atom is 0.0328 e. The fraction of sp³-hybridized carbons (Fsp3) is 0.429. The van der Waals surface area contributed by atoms with Crippen molar-refractivity contribution < 1.29 is 0 Å². The van der Waals surface area contributed by atoms with E-state index >= 15 is 0 Å². The lowest BCUT2D eigenvalue weighted by Gasteiger charge is -2.30. The second-order valence-electron chi connectivity index (χ2n) is 6.86. The van der Waals surface area contributed by atoms with Gasteiger partial charge >= 0.3 is 0 Å². The number of hydrogen-bond donors (Lipinski definition) is 1. The van der Waals surface area contributed by atoms with E-state index in [1.165, 1.54) is 41.5 Å². The molecular weight excluding hydrogens is 266 g/mol. The minimum Gasteiger partial charge on any atom is -0.303 e. The van der Waals surface area contributed by atoms with Gasteiger partial charge in [-0.1, -0.05) is 62.4 Å². The van der Waals surface area contributed by atoms with Crippen molar-refractivity contribution in [3.63, 3.8) is 0 Å². The van der Waals surface area contributed by atoms with Crippen molar-refractivity contribution in [1.82, 2.24) is 5.32 Å². The van der Waals surface area contributed by atoms with E-state index in [1.807, 2.05) is 0 Å². The molecule has 2 aromatic rings. The van der Waals surface area contributed by atoms with E-state index in [0.29, 0.717) is 18.0 Å². The van der Waals surface area contributed by atoms with E-state index in [9.17, 15) is 0 Å². The molecule has 2 unspecified atom stereocenters. The monoisotopic (exact) mass is 293 g/mol. The number of rotatable bonds is 4. The number of hydrogen-bond acceptors (Lipinski definition) is 1. The molecule has 0 amide bonds. The Hall–Kier alpha value is -1.60. The van der Waals surface area contributed by atoms with E-state index in [-0.39, 0.29) is 0 Å². The average Bonchev–Trinajstić information content (AvgIpc) is 2.55. The predicted octanol–water partition coefficient (Wildman–Crippen LogP) is 5.54. The normalized spacial score (nSPS) is 19.0. The predicted molar refractivity (Wildman–Crippen MR) is 94.2 cm³/mol. The second kappa shape index (κ2) is 6.66. The van der Waals surface area contributed by atoms with Crippen molar-refractivity contribution in [3.8, 4) is 0 Å². The van der Waals surface area contributed by atoms with Crippen molar-refractivity contribution in [1.29, 1.82) is 0 Å². The third kappa shape index (κ3) is 3.25. The van der Waals surface area contributed by atoms with Gasteiger partial charge in [0.1, 0.15) is 0 Å². The molecule has 0 bridgehead atoms. The fourth-order valence-electron chi connectivity index (χ4n) is 3.49. The average molecular weight is 293 g/mol. The van der Waals surface area contributed by atoms with Gasteiger partial charge in [-0.15, -0.1) is 0 Å². The Kier molecular flexibility index (Phi) is 4.63. The second-order valence-corrected chi connectivity index (χ2v) is 6.86. The fourth-order valence-corrected chi connectivity index (χ4v) is 3.49. The molecule has 0 aliphatic heterocycles. The zero-order chi connectivity index (χ0) is 15.5. The first kappa shape index (κ1) is 15.3. The smallest absolute Gasteiger partial charge is 0.0328 e. The van der Waals surface area contributed by atoms with Crippen molar-refractivity contribution in [2.75, 3.05) is 0 Å². The van der Waals surface area contributed by atoms with Crippen LogP contribution in [0.25, 0.3) is 0 Å². The molecular formula is C21H27N. The van der Waals surface area contributed by atoms with Crippen LogP contribution in [0.2, 0.25) is 0 Å². The van der Waals surface area contributed by atoms with Gasteiger partial charge in [0.05, 0.1) is 0 Å². The number of aryl methyl sites for hydroxylation is 1. The van der Waals surface area contributed by atoms with Crippen LogP contribution >= 0.6 is 0 Å². The van der Waals surface area contributed by atoms with Crippen LogP contribution in [-0.2, 0) is 6.42 Å². The molecule has 1 heteroatoms. The molecule has 0 heterocycles. The molecule has 0 saturated carbocycles. The molecule has 1 aliphatic rings. The highest BCUT2D eigenvalue weighted by Crippen LogP contribution is 2.33. The zero-order valence-electron chi connectivity index (χ0n) is 14.0. The van der Waals surface area contributed by atoms with Gasteiger partial charge in [0, 0.05) is 12.1 Å². The van der Waals surface area contributed by atoms with E-state index in [2.05, 4.69) is 74.6 Å². The van der Waals surface area contributed by atoms with Crippen molar-refractivity contribution in [3.05, 3.63) is 70.8 Å². The molecule has 3 rings (SSSR count). The van der Waals surface area contributed by atoms with Crippen LogP contribution in [0.15, 0.2) is 48.5 Å². The minimum absolute atomic E-state index is 0.389. The van der Waals surface area contributed by atoms with E-state index in [0.717, 1.165) is 0 Å². The van der Waals surface area contributed by atoms with Crippen molar-refractivity contribution in [2.24, 2.45) is 0 Å². The van der Waals surface area contributed by atoms with E-state index in [1.54, 1.807) is 0 Å². The zero-order valence-corrected chi connectivity index (χ0v) is 14.0. The highest BCUT2D eigenvalue weighted by atomic mass is 14.9. The Balaban J connectivity index is 1.83. The molecule has 1 nitrogen and oxygen atoms in total. The first-order valence-electron chi connectivity index (χ1n) is 8.59. The molecule has 116 valence electrons. The standard InChI is InChI=1S/C21H27N/c1-15(2)19-13-12-18-10-7-11-21(20(18)14-19)22-16(3)17-8-5-4-6-9-17/h4-6,8-9,12-16,21-22H,7,10-11H2,1-3H3. The highest BCUT2D eigenvalue weighted by molar-refractivity contribution is 5.37. The van der Waals surface area contributed by atoms with Crippen LogP contribution in [0.4, 0.5) is 0 Å². The van der Waals surface area contributed by atoms with Crippen LogP contribution in [0, 0.1) is 0 Å². The van der Waals surface area contributed by atoms with Crippen molar-refractivity contribution in [2.45, 2.75) is 58.0 Å². The summed E-state index contributed by atoms with van der Waals surface area (Å²) in [5, 5.41) is 3.86. The Bertz CT molecular complexity index is 615. The van der Waals surface area contributed by atoms with Crippen LogP contribution in [-0.4, -0.2) is 0 Å². The maximum atomic E-state index is 3.86. The summed E-state index contributed by atoms with van der Waals surface area (Å²) in [5.41, 5.74) is 5.89. The SMILES string of the molecule is CC(C)c1ccc2c(c1)C(NC(C)c1ccccc1)CCC2. The summed E-state index contributed by atoms with van der Waals surface area (Å²) in [6, 6.07) is 18.7. The molecule has 0 saturated heterocycles. The lowest BCUT2D eigenvalue weighted by atomic mass is 9.84. The lowest BCUT2D eigenvalue weighted by molar-refractivity contribution is 0.415. The summed E-state index contributed by atoms with van der Waals surface area (Å²) in [6.07, 6.45) is 3.75. The summed E-state index contributed by atoms with van der Waals surface area (Å²) in [5.74, 6) is 0.597. The highest BCUT2D eigenvalue weighted by Gasteiger charge is 2.22. The van der Waals surface area contributed by atoms with E-state index in [4.69, 9.17) is 0 Å². The van der Waals surface area contributed by atoms with Gasteiger partial charge in [-0.25, -0.2) is 0 Å². The van der Waals surface area contributed by atoms with Crippen LogP contribution in [0.3, 0.4) is 0 Å². The Morgan fingerprint density at radius 3 is 2.45 bits per heavy atom. The van der Waals surface area contributed by atoms with Crippen LogP contribution < -0.4 is 5.32 Å². The maximum absolute atomic E-state index is 3.86. The van der Waals surface area contributed by atoms with Gasteiger partial charge in [-0.2, -0.15) is 0 Å². The molecule has 1 aliphatic carbocycles. The summed E-state index contributed by atoms with van der Waals surface area (Å²) in [7, 11) is 0. The summed E-state index contributed by atoms with van der Waals surface area (Å²) >= 11 is 0. The molecule has 1 N–H and O–H groups in total. The summed E-state index contributed by atoms with van der Waals surface area (Å²) < 4.78 is 0. The Labute approximate surface area is 134 Å². The summed E-state index contributed by atoms with van der Waals surface area (Å²) in [4.78, 5) is 0. The van der Waals surface area contributed by atoms with Gasteiger partial charge in [0.2, 0.25) is 0 Å². The van der Waals surface area contributed by atoms with Gasteiger partial charge in [0.15, 0.2) is 0 Å². The van der Waals surface area contributed by atoms with Crippen LogP contribution in [0.5, 0.6) is 0 Å². The topological polar surface area (TPSA) is 12.0 Å². The molecule has 0 radical (unpaired) electrons. The molecule has 22 heavy (non-hydrogen) atoms. The Morgan fingerprint density at radius 2 is 1.73 bits per heavy atom. The van der Waals surface area contributed by atoms with E-state index < -0.39 is 0 Å².